The number of aryl methyl sites for hydroxylation is 1. The minimum atomic E-state index is -4.36. The summed E-state index contributed by atoms with van der Waals surface area (Å²) in [6.45, 7) is 3.49. The Balaban J connectivity index is 1.78. The molecule has 2 aromatic rings. The SMILES string of the molecule is Cc1cnn(CCNCC(O)c2ccc(C(F)(F)F)cc2)c1. The molecule has 1 unspecified atom stereocenters. The Kier molecular flexibility index (Phi) is 5.20. The molecule has 1 heterocycles. The van der Waals surface area contributed by atoms with Crippen molar-refractivity contribution in [2.75, 3.05) is 13.1 Å². The van der Waals surface area contributed by atoms with E-state index in [2.05, 4.69) is 10.4 Å². The van der Waals surface area contributed by atoms with E-state index in [1.54, 1.807) is 10.9 Å². The lowest BCUT2D eigenvalue weighted by atomic mass is 10.1. The van der Waals surface area contributed by atoms with Crippen LogP contribution >= 0.6 is 0 Å². The van der Waals surface area contributed by atoms with Gasteiger partial charge in [-0.05, 0) is 30.2 Å². The zero-order chi connectivity index (χ0) is 16.2. The Morgan fingerprint density at radius 1 is 1.27 bits per heavy atom. The number of nitrogens with one attached hydrogen (secondary N) is 1. The van der Waals surface area contributed by atoms with E-state index < -0.39 is 17.8 Å². The second-order valence-corrected chi connectivity index (χ2v) is 5.12. The van der Waals surface area contributed by atoms with E-state index in [1.165, 1.54) is 12.1 Å². The molecule has 0 saturated carbocycles. The van der Waals surface area contributed by atoms with Gasteiger partial charge in [-0.25, -0.2) is 0 Å². The molecule has 2 rings (SSSR count). The summed E-state index contributed by atoms with van der Waals surface area (Å²) in [5.41, 5.74) is 0.811. The summed E-state index contributed by atoms with van der Waals surface area (Å²) < 4.78 is 39.1. The smallest absolute Gasteiger partial charge is 0.387 e. The van der Waals surface area contributed by atoms with Gasteiger partial charge in [0.2, 0.25) is 0 Å². The van der Waals surface area contributed by atoms with Gasteiger partial charge in [0, 0.05) is 19.3 Å². The number of halogens is 3. The predicted molar refractivity (Wildman–Crippen MR) is 76.2 cm³/mol. The third-order valence-electron chi connectivity index (χ3n) is 3.24. The number of aliphatic hydroxyl groups is 1. The maximum atomic E-state index is 12.4. The number of hydrogen-bond donors (Lipinski definition) is 2. The van der Waals surface area contributed by atoms with E-state index in [9.17, 15) is 18.3 Å². The van der Waals surface area contributed by atoms with Crippen molar-refractivity contribution >= 4 is 0 Å². The van der Waals surface area contributed by atoms with Crippen LogP contribution < -0.4 is 5.32 Å². The molecule has 0 bridgehead atoms. The lowest BCUT2D eigenvalue weighted by Crippen LogP contribution is -2.25. The molecule has 0 amide bonds. The Hall–Kier alpha value is -1.86. The molecule has 2 N–H and O–H groups in total. The summed E-state index contributed by atoms with van der Waals surface area (Å²) >= 11 is 0. The average Bonchev–Trinajstić information content (AvgIpc) is 2.88. The zero-order valence-electron chi connectivity index (χ0n) is 12.1. The van der Waals surface area contributed by atoms with Crippen LogP contribution in [0.4, 0.5) is 13.2 Å². The standard InChI is InChI=1S/C15H18F3N3O/c1-11-8-20-21(10-11)7-6-19-9-14(22)12-2-4-13(5-3-12)15(16,17)18/h2-5,8,10,14,19,22H,6-7,9H2,1H3. The molecule has 0 aliphatic heterocycles. The third-order valence-corrected chi connectivity index (χ3v) is 3.24. The molecule has 1 aromatic heterocycles. The maximum Gasteiger partial charge on any atom is 0.416 e. The molecule has 0 radical (unpaired) electrons. The van der Waals surface area contributed by atoms with Crippen LogP contribution in [0.25, 0.3) is 0 Å². The summed E-state index contributed by atoms with van der Waals surface area (Å²) in [5.74, 6) is 0. The van der Waals surface area contributed by atoms with Gasteiger partial charge in [-0.3, -0.25) is 4.68 Å². The Morgan fingerprint density at radius 3 is 2.50 bits per heavy atom. The average molecular weight is 313 g/mol. The molecule has 0 aliphatic rings. The van der Waals surface area contributed by atoms with Gasteiger partial charge in [0.05, 0.1) is 24.4 Å². The third kappa shape index (κ3) is 4.57. The number of nitrogens with zero attached hydrogens (tertiary/aromatic N) is 2. The van der Waals surface area contributed by atoms with Gasteiger partial charge in [-0.1, -0.05) is 12.1 Å². The highest BCUT2D eigenvalue weighted by molar-refractivity contribution is 5.26. The Morgan fingerprint density at radius 2 is 1.95 bits per heavy atom. The Labute approximate surface area is 126 Å². The first-order valence-electron chi connectivity index (χ1n) is 6.91. The highest BCUT2D eigenvalue weighted by Gasteiger charge is 2.30. The Bertz CT molecular complexity index is 593. The molecule has 1 atom stereocenters. The lowest BCUT2D eigenvalue weighted by Gasteiger charge is -2.13. The van der Waals surface area contributed by atoms with Gasteiger partial charge in [0.25, 0.3) is 0 Å². The monoisotopic (exact) mass is 313 g/mol. The summed E-state index contributed by atoms with van der Waals surface area (Å²) in [5, 5.41) is 17.1. The van der Waals surface area contributed by atoms with Gasteiger partial charge < -0.3 is 10.4 Å². The van der Waals surface area contributed by atoms with E-state index in [0.717, 1.165) is 17.7 Å². The molecule has 1 aromatic carbocycles. The van der Waals surface area contributed by atoms with E-state index in [4.69, 9.17) is 0 Å². The number of hydrogen-bond acceptors (Lipinski definition) is 3. The fourth-order valence-corrected chi connectivity index (χ4v) is 2.03. The van der Waals surface area contributed by atoms with Gasteiger partial charge in [-0.2, -0.15) is 18.3 Å². The minimum absolute atomic E-state index is 0.269. The van der Waals surface area contributed by atoms with Crippen LogP contribution in [0, 0.1) is 6.92 Å². The highest BCUT2D eigenvalue weighted by Crippen LogP contribution is 2.29. The maximum absolute atomic E-state index is 12.4. The van der Waals surface area contributed by atoms with Crippen molar-refractivity contribution in [3.8, 4) is 0 Å². The number of rotatable bonds is 6. The fraction of sp³-hybridized carbons (Fsp3) is 0.400. The van der Waals surface area contributed by atoms with Gasteiger partial charge in [0.15, 0.2) is 0 Å². The minimum Gasteiger partial charge on any atom is -0.387 e. The molecule has 0 spiro atoms. The van der Waals surface area contributed by atoms with Crippen LogP contribution in [-0.4, -0.2) is 28.0 Å². The van der Waals surface area contributed by atoms with E-state index in [1.807, 2.05) is 13.1 Å². The highest BCUT2D eigenvalue weighted by atomic mass is 19.4. The van der Waals surface area contributed by atoms with Crippen LogP contribution in [-0.2, 0) is 12.7 Å². The number of aliphatic hydroxyl groups excluding tert-OH is 1. The molecule has 0 fully saturated rings. The molecule has 120 valence electrons. The van der Waals surface area contributed by atoms with Gasteiger partial charge in [-0.15, -0.1) is 0 Å². The zero-order valence-corrected chi connectivity index (χ0v) is 12.1. The quantitative estimate of drug-likeness (QED) is 0.806. The van der Waals surface area contributed by atoms with Crippen molar-refractivity contribution in [1.82, 2.24) is 15.1 Å². The van der Waals surface area contributed by atoms with Crippen molar-refractivity contribution in [1.29, 1.82) is 0 Å². The van der Waals surface area contributed by atoms with E-state index in [0.29, 0.717) is 18.7 Å². The van der Waals surface area contributed by atoms with Crippen molar-refractivity contribution in [3.63, 3.8) is 0 Å². The molecule has 4 nitrogen and oxygen atoms in total. The van der Waals surface area contributed by atoms with Crippen LogP contribution in [0.3, 0.4) is 0 Å². The predicted octanol–water partition coefficient (Wildman–Crippen LogP) is 2.53. The van der Waals surface area contributed by atoms with Crippen LogP contribution in [0.5, 0.6) is 0 Å². The largest absolute Gasteiger partial charge is 0.416 e. The summed E-state index contributed by atoms with van der Waals surface area (Å²) in [6.07, 6.45) is -1.53. The number of aromatic nitrogens is 2. The number of benzene rings is 1. The fourth-order valence-electron chi connectivity index (χ4n) is 2.03. The second kappa shape index (κ2) is 6.93. The van der Waals surface area contributed by atoms with Crippen molar-refractivity contribution in [2.24, 2.45) is 0 Å². The first kappa shape index (κ1) is 16.5. The van der Waals surface area contributed by atoms with Crippen LogP contribution in [0.1, 0.15) is 22.8 Å². The van der Waals surface area contributed by atoms with Crippen LogP contribution in [0.2, 0.25) is 0 Å². The van der Waals surface area contributed by atoms with E-state index in [-0.39, 0.29) is 6.54 Å². The molecular formula is C15H18F3N3O. The lowest BCUT2D eigenvalue weighted by molar-refractivity contribution is -0.137. The molecular weight excluding hydrogens is 295 g/mol. The van der Waals surface area contributed by atoms with Gasteiger partial charge in [0.1, 0.15) is 0 Å². The van der Waals surface area contributed by atoms with Crippen molar-refractivity contribution in [3.05, 3.63) is 53.3 Å². The van der Waals surface area contributed by atoms with Crippen molar-refractivity contribution in [2.45, 2.75) is 25.7 Å². The molecule has 0 aliphatic carbocycles. The van der Waals surface area contributed by atoms with Gasteiger partial charge >= 0.3 is 6.18 Å². The summed E-state index contributed by atoms with van der Waals surface area (Å²) in [4.78, 5) is 0. The van der Waals surface area contributed by atoms with E-state index >= 15 is 0 Å². The first-order chi connectivity index (χ1) is 10.4. The first-order valence-corrected chi connectivity index (χ1v) is 6.91. The van der Waals surface area contributed by atoms with Crippen molar-refractivity contribution < 1.29 is 18.3 Å². The normalized spacial score (nSPS) is 13.3. The summed E-state index contributed by atoms with van der Waals surface area (Å²) in [7, 11) is 0. The second-order valence-electron chi connectivity index (χ2n) is 5.12. The topological polar surface area (TPSA) is 50.1 Å². The molecule has 22 heavy (non-hydrogen) atoms. The number of alkyl halides is 3. The van der Waals surface area contributed by atoms with Crippen LogP contribution in [0.15, 0.2) is 36.7 Å². The molecule has 0 saturated heterocycles. The summed E-state index contributed by atoms with van der Waals surface area (Å²) in [6, 6.07) is 4.55. The molecule has 7 heteroatoms.